The smallest absolute Gasteiger partial charge is 0.162 e. The Kier molecular flexibility index (Phi) is 14.5. The van der Waals surface area contributed by atoms with Gasteiger partial charge in [0.1, 0.15) is 6.29 Å². The summed E-state index contributed by atoms with van der Waals surface area (Å²) in [5, 5.41) is 0. The van der Waals surface area contributed by atoms with E-state index >= 15 is 0 Å². The van der Waals surface area contributed by atoms with Gasteiger partial charge >= 0.3 is 0 Å². The molecule has 0 radical (unpaired) electrons. The summed E-state index contributed by atoms with van der Waals surface area (Å²) in [5.74, 6) is 0.122. The Morgan fingerprint density at radius 2 is 1.48 bits per heavy atom. The normalized spacial score (nSPS) is 13.3. The first kappa shape index (κ1) is 21.6. The molecule has 0 aromatic heterocycles. The van der Waals surface area contributed by atoms with Crippen molar-refractivity contribution in [3.63, 3.8) is 0 Å². The molecule has 0 aliphatic heterocycles. The van der Waals surface area contributed by atoms with Crippen LogP contribution in [0.3, 0.4) is 0 Å². The fourth-order valence-electron chi connectivity index (χ4n) is 2.35. The highest BCUT2D eigenvalue weighted by molar-refractivity contribution is 5.98. The molecule has 0 fully saturated rings. The number of carbonyl (C=O) groups is 2. The summed E-state index contributed by atoms with van der Waals surface area (Å²) < 4.78 is 0. The molecule has 2 heteroatoms. The van der Waals surface area contributed by atoms with Crippen LogP contribution in [0.25, 0.3) is 0 Å². The van der Waals surface area contributed by atoms with Gasteiger partial charge in [0.2, 0.25) is 0 Å². The van der Waals surface area contributed by atoms with E-state index < -0.39 is 0 Å². The lowest BCUT2D eigenvalue weighted by Crippen LogP contribution is -1.97. The van der Waals surface area contributed by atoms with Gasteiger partial charge in [-0.15, -0.1) is 0 Å². The maximum Gasteiger partial charge on any atom is 0.162 e. The van der Waals surface area contributed by atoms with Gasteiger partial charge in [-0.3, -0.25) is 9.59 Å². The molecule has 0 bridgehead atoms. The minimum atomic E-state index is 0.122. The molecule has 0 saturated carbocycles. The van der Waals surface area contributed by atoms with Crippen molar-refractivity contribution in [3.05, 3.63) is 35.5 Å². The van der Waals surface area contributed by atoms with Crippen LogP contribution in [0.5, 0.6) is 0 Å². The maximum atomic E-state index is 11.3. The standard InChI is InChI=1S/C11H12O2.C10H22/c1-2-11(13)10-5-3-4-9(8-12)6-7-10;1-3-5-7-9-10-8-6-4-2/h4-8H,2-3H2,1H3;3-10H2,1-2H3. The van der Waals surface area contributed by atoms with Crippen molar-refractivity contribution in [2.75, 3.05) is 0 Å². The van der Waals surface area contributed by atoms with Gasteiger partial charge in [0, 0.05) is 17.6 Å². The first-order valence-electron chi connectivity index (χ1n) is 9.26. The van der Waals surface area contributed by atoms with Gasteiger partial charge in [0.05, 0.1) is 0 Å². The Morgan fingerprint density at radius 1 is 0.913 bits per heavy atom. The quantitative estimate of drug-likeness (QED) is 0.359. The summed E-state index contributed by atoms with van der Waals surface area (Å²) in [6.07, 6.45) is 20.5. The van der Waals surface area contributed by atoms with Crippen LogP contribution in [-0.2, 0) is 9.59 Å². The largest absolute Gasteiger partial charge is 0.298 e. The van der Waals surface area contributed by atoms with E-state index in [-0.39, 0.29) is 5.78 Å². The van der Waals surface area contributed by atoms with Crippen molar-refractivity contribution in [2.24, 2.45) is 0 Å². The summed E-state index contributed by atoms with van der Waals surface area (Å²) in [4.78, 5) is 21.7. The molecule has 0 heterocycles. The highest BCUT2D eigenvalue weighted by atomic mass is 16.1. The topological polar surface area (TPSA) is 34.1 Å². The number of hydrogen-bond acceptors (Lipinski definition) is 2. The van der Waals surface area contributed by atoms with Gasteiger partial charge in [-0.1, -0.05) is 96.4 Å². The molecule has 0 saturated heterocycles. The lowest BCUT2D eigenvalue weighted by molar-refractivity contribution is -0.115. The van der Waals surface area contributed by atoms with Gasteiger partial charge in [0.15, 0.2) is 5.78 Å². The number of rotatable bonds is 10. The van der Waals surface area contributed by atoms with Crippen LogP contribution in [0.1, 0.15) is 85.0 Å². The van der Waals surface area contributed by atoms with Crippen LogP contribution < -0.4 is 0 Å². The van der Waals surface area contributed by atoms with Crippen LogP contribution >= 0.6 is 0 Å². The number of carbonyl (C=O) groups excluding carboxylic acids is 2. The second kappa shape index (κ2) is 15.5. The summed E-state index contributed by atoms with van der Waals surface area (Å²) in [6.45, 7) is 6.37. The van der Waals surface area contributed by atoms with Gasteiger partial charge in [0.25, 0.3) is 0 Å². The molecule has 0 unspecified atom stereocenters. The fraction of sp³-hybridized carbons (Fsp3) is 0.619. The summed E-state index contributed by atoms with van der Waals surface area (Å²) in [5.41, 5.74) is 1.34. The van der Waals surface area contributed by atoms with Crippen LogP contribution in [0.15, 0.2) is 35.5 Å². The Bertz CT molecular complexity index is 406. The van der Waals surface area contributed by atoms with Crippen molar-refractivity contribution in [1.29, 1.82) is 0 Å². The second-order valence-electron chi connectivity index (χ2n) is 5.95. The predicted molar refractivity (Wildman–Crippen MR) is 99.6 cm³/mol. The molecule has 0 spiro atoms. The third kappa shape index (κ3) is 11.7. The van der Waals surface area contributed by atoms with Crippen molar-refractivity contribution in [3.8, 4) is 0 Å². The average molecular weight is 319 g/mol. The summed E-state index contributed by atoms with van der Waals surface area (Å²) in [6, 6.07) is 0. The molecule has 0 N–H and O–H groups in total. The number of unbranched alkanes of at least 4 members (excludes halogenated alkanes) is 7. The van der Waals surface area contributed by atoms with Crippen molar-refractivity contribution < 1.29 is 9.59 Å². The summed E-state index contributed by atoms with van der Waals surface area (Å²) >= 11 is 0. The van der Waals surface area contributed by atoms with E-state index in [1.54, 1.807) is 18.2 Å². The van der Waals surface area contributed by atoms with E-state index in [1.807, 2.05) is 13.0 Å². The second-order valence-corrected chi connectivity index (χ2v) is 5.95. The zero-order valence-electron chi connectivity index (χ0n) is 15.3. The monoisotopic (exact) mass is 318 g/mol. The van der Waals surface area contributed by atoms with Crippen molar-refractivity contribution >= 4 is 12.1 Å². The highest BCUT2D eigenvalue weighted by Gasteiger charge is 2.04. The van der Waals surface area contributed by atoms with E-state index in [9.17, 15) is 9.59 Å². The molecule has 0 atom stereocenters. The van der Waals surface area contributed by atoms with E-state index in [4.69, 9.17) is 0 Å². The predicted octanol–water partition coefficient (Wildman–Crippen LogP) is 6.12. The van der Waals surface area contributed by atoms with Crippen LogP contribution in [-0.4, -0.2) is 12.1 Å². The van der Waals surface area contributed by atoms with Gasteiger partial charge in [-0.25, -0.2) is 0 Å². The van der Waals surface area contributed by atoms with Crippen LogP contribution in [0.2, 0.25) is 0 Å². The molecule has 2 nitrogen and oxygen atoms in total. The Hall–Kier alpha value is -1.44. The highest BCUT2D eigenvalue weighted by Crippen LogP contribution is 2.11. The SMILES string of the molecule is CCC(=O)C1=CCC=C(C=O)C=C1.CCCCCCCCCC. The molecule has 0 aromatic rings. The lowest BCUT2D eigenvalue weighted by Gasteiger charge is -1.97. The van der Waals surface area contributed by atoms with Gasteiger partial charge < -0.3 is 0 Å². The number of Topliss-reactive ketones (excluding diaryl/α,β-unsaturated/α-hetero) is 1. The van der Waals surface area contributed by atoms with Crippen LogP contribution in [0, 0.1) is 0 Å². The molecule has 1 aliphatic carbocycles. The van der Waals surface area contributed by atoms with Crippen molar-refractivity contribution in [1.82, 2.24) is 0 Å². The number of aldehydes is 1. The maximum absolute atomic E-state index is 11.3. The zero-order valence-corrected chi connectivity index (χ0v) is 15.3. The van der Waals surface area contributed by atoms with E-state index in [0.717, 1.165) is 6.29 Å². The Labute approximate surface area is 142 Å². The minimum absolute atomic E-state index is 0.122. The molecular formula is C21H34O2. The molecule has 23 heavy (non-hydrogen) atoms. The van der Waals surface area contributed by atoms with Crippen molar-refractivity contribution in [2.45, 2.75) is 85.0 Å². The fourth-order valence-corrected chi connectivity index (χ4v) is 2.35. The molecular weight excluding hydrogens is 284 g/mol. The van der Waals surface area contributed by atoms with E-state index in [1.165, 1.54) is 51.4 Å². The molecule has 130 valence electrons. The third-order valence-corrected chi connectivity index (χ3v) is 3.88. The van der Waals surface area contributed by atoms with E-state index in [0.29, 0.717) is 24.0 Å². The molecule has 1 rings (SSSR count). The van der Waals surface area contributed by atoms with Gasteiger partial charge in [-0.2, -0.15) is 0 Å². The number of ketones is 1. The third-order valence-electron chi connectivity index (χ3n) is 3.88. The first-order valence-corrected chi connectivity index (χ1v) is 9.26. The Morgan fingerprint density at radius 3 is 1.96 bits per heavy atom. The molecule has 0 amide bonds. The minimum Gasteiger partial charge on any atom is -0.298 e. The zero-order chi connectivity index (χ0) is 17.3. The molecule has 1 aliphatic rings. The lowest BCUT2D eigenvalue weighted by atomic mass is 10.1. The Balaban J connectivity index is 0.000000438. The number of allylic oxidation sites excluding steroid dienone is 6. The van der Waals surface area contributed by atoms with E-state index in [2.05, 4.69) is 13.8 Å². The molecule has 0 aromatic carbocycles. The number of hydrogen-bond donors (Lipinski definition) is 0. The first-order chi connectivity index (χ1) is 11.2. The van der Waals surface area contributed by atoms with Crippen LogP contribution in [0.4, 0.5) is 0 Å². The average Bonchev–Trinajstić information content (AvgIpc) is 2.83. The van der Waals surface area contributed by atoms with Gasteiger partial charge in [-0.05, 0) is 6.42 Å². The summed E-state index contributed by atoms with van der Waals surface area (Å²) in [7, 11) is 0.